The van der Waals surface area contributed by atoms with Gasteiger partial charge < -0.3 is 21.1 Å². The smallest absolute Gasteiger partial charge is 0.353 e. The highest BCUT2D eigenvalue weighted by molar-refractivity contribution is 8.03. The molecule has 4 atom stereocenters. The molecule has 0 aliphatic carbocycles. The van der Waals surface area contributed by atoms with Crippen LogP contribution in [-0.2, 0) is 14.4 Å². The molecule has 132 valence electrons. The van der Waals surface area contributed by atoms with E-state index in [9.17, 15) is 29.7 Å². The molecule has 2 rings (SSSR count). The predicted octanol–water partition coefficient (Wildman–Crippen LogP) is -0.685. The number of carbonyl (C=O) groups is 3. The predicted molar refractivity (Wildman–Crippen MR) is 86.2 cm³/mol. The number of aliphatic hydroxyl groups excluding tert-OH is 1. The number of β-lactam (4-membered cyclic amide) rings is 1. The maximum absolute atomic E-state index is 12.3. The lowest BCUT2D eigenvalue weighted by Crippen LogP contribution is -2.67. The SMILES string of the molecule is CC(O)C1C(=O)N2C(C(=O)O)=C(SCCN=CN)C(C)(C(=O)O)C12. The van der Waals surface area contributed by atoms with E-state index in [0.29, 0.717) is 5.75 Å². The molecule has 10 heteroatoms. The Morgan fingerprint density at radius 1 is 1.50 bits per heavy atom. The highest BCUT2D eigenvalue weighted by Crippen LogP contribution is 2.57. The quantitative estimate of drug-likeness (QED) is 0.202. The molecule has 5 N–H and O–H groups in total. The summed E-state index contributed by atoms with van der Waals surface area (Å²) in [5.41, 5.74) is 3.22. The molecule has 1 saturated heterocycles. The number of aliphatic hydroxyl groups is 1. The molecule has 0 spiro atoms. The number of hydrogen-bond donors (Lipinski definition) is 4. The molecular weight excluding hydrogens is 338 g/mol. The minimum Gasteiger partial charge on any atom is -0.481 e. The third-order valence-corrected chi connectivity index (χ3v) is 5.69. The molecule has 1 amide bonds. The molecule has 4 unspecified atom stereocenters. The van der Waals surface area contributed by atoms with Gasteiger partial charge in [0.25, 0.3) is 0 Å². The number of carboxylic acids is 2. The van der Waals surface area contributed by atoms with Gasteiger partial charge in [-0.05, 0) is 13.8 Å². The van der Waals surface area contributed by atoms with Gasteiger partial charge in [-0.25, -0.2) is 4.79 Å². The summed E-state index contributed by atoms with van der Waals surface area (Å²) in [7, 11) is 0. The lowest BCUT2D eigenvalue weighted by molar-refractivity contribution is -0.172. The fourth-order valence-electron chi connectivity index (χ4n) is 3.25. The van der Waals surface area contributed by atoms with Crippen LogP contribution in [0.3, 0.4) is 0 Å². The molecule has 0 radical (unpaired) electrons. The Labute approximate surface area is 142 Å². The number of rotatable bonds is 7. The van der Waals surface area contributed by atoms with E-state index in [1.807, 2.05) is 0 Å². The zero-order valence-electron chi connectivity index (χ0n) is 13.2. The van der Waals surface area contributed by atoms with Crippen molar-refractivity contribution in [1.82, 2.24) is 4.90 Å². The van der Waals surface area contributed by atoms with Crippen LogP contribution in [0.5, 0.6) is 0 Å². The lowest BCUT2D eigenvalue weighted by Gasteiger charge is -2.49. The summed E-state index contributed by atoms with van der Waals surface area (Å²) in [4.78, 5) is 40.7. The van der Waals surface area contributed by atoms with E-state index in [0.717, 1.165) is 23.0 Å². The van der Waals surface area contributed by atoms with E-state index in [-0.39, 0.29) is 17.1 Å². The lowest BCUT2D eigenvalue weighted by atomic mass is 9.70. The number of aliphatic carboxylic acids is 2. The van der Waals surface area contributed by atoms with Crippen molar-refractivity contribution in [3.05, 3.63) is 10.6 Å². The van der Waals surface area contributed by atoms with Gasteiger partial charge in [-0.3, -0.25) is 19.5 Å². The molecule has 0 aromatic rings. The minimum atomic E-state index is -1.60. The van der Waals surface area contributed by atoms with Crippen LogP contribution in [0.4, 0.5) is 0 Å². The Bertz CT molecular complexity index is 646. The first kappa shape index (κ1) is 18.3. The highest BCUT2D eigenvalue weighted by atomic mass is 32.2. The van der Waals surface area contributed by atoms with E-state index >= 15 is 0 Å². The van der Waals surface area contributed by atoms with Crippen molar-refractivity contribution in [2.24, 2.45) is 22.1 Å². The molecule has 2 heterocycles. The first-order valence-corrected chi connectivity index (χ1v) is 8.23. The Balaban J connectivity index is 2.48. The van der Waals surface area contributed by atoms with Crippen molar-refractivity contribution in [2.75, 3.05) is 12.3 Å². The average molecular weight is 357 g/mol. The summed E-state index contributed by atoms with van der Waals surface area (Å²) < 4.78 is 0. The van der Waals surface area contributed by atoms with E-state index in [4.69, 9.17) is 5.73 Å². The van der Waals surface area contributed by atoms with Crippen LogP contribution >= 0.6 is 11.8 Å². The molecule has 1 fully saturated rings. The monoisotopic (exact) mass is 357 g/mol. The van der Waals surface area contributed by atoms with E-state index < -0.39 is 41.3 Å². The molecule has 0 aromatic carbocycles. The number of aliphatic imine (C=N–C) groups is 1. The van der Waals surface area contributed by atoms with Gasteiger partial charge in [-0.2, -0.15) is 0 Å². The number of carboxylic acid groups (broad SMARTS) is 2. The van der Waals surface area contributed by atoms with Gasteiger partial charge in [0.2, 0.25) is 5.91 Å². The van der Waals surface area contributed by atoms with Crippen molar-refractivity contribution >= 4 is 35.9 Å². The van der Waals surface area contributed by atoms with Crippen molar-refractivity contribution < 1.29 is 29.7 Å². The third kappa shape index (κ3) is 2.46. The largest absolute Gasteiger partial charge is 0.481 e. The molecule has 0 aromatic heterocycles. The van der Waals surface area contributed by atoms with Crippen molar-refractivity contribution in [3.8, 4) is 0 Å². The molecule has 24 heavy (non-hydrogen) atoms. The van der Waals surface area contributed by atoms with Crippen LogP contribution in [0.25, 0.3) is 0 Å². The number of thioether (sulfide) groups is 1. The van der Waals surface area contributed by atoms with Crippen LogP contribution in [0, 0.1) is 11.3 Å². The number of carbonyl (C=O) groups excluding carboxylic acids is 1. The van der Waals surface area contributed by atoms with Crippen molar-refractivity contribution in [1.29, 1.82) is 0 Å². The third-order valence-electron chi connectivity index (χ3n) is 4.40. The Morgan fingerprint density at radius 3 is 2.58 bits per heavy atom. The topological polar surface area (TPSA) is 154 Å². The van der Waals surface area contributed by atoms with E-state index in [2.05, 4.69) is 4.99 Å². The van der Waals surface area contributed by atoms with Gasteiger partial charge in [0.1, 0.15) is 11.1 Å². The van der Waals surface area contributed by atoms with Crippen LogP contribution in [0.1, 0.15) is 13.8 Å². The molecular formula is C14H19N3O6S. The van der Waals surface area contributed by atoms with Crippen molar-refractivity contribution in [2.45, 2.75) is 26.0 Å². The number of amides is 1. The van der Waals surface area contributed by atoms with Crippen molar-refractivity contribution in [3.63, 3.8) is 0 Å². The number of hydrogen-bond acceptors (Lipinski definition) is 6. The number of nitrogens with two attached hydrogens (primary N) is 1. The molecule has 0 saturated carbocycles. The van der Waals surface area contributed by atoms with Crippen LogP contribution < -0.4 is 5.73 Å². The van der Waals surface area contributed by atoms with Gasteiger partial charge >= 0.3 is 11.9 Å². The van der Waals surface area contributed by atoms with E-state index in [1.165, 1.54) is 13.8 Å². The normalized spacial score (nSPS) is 30.5. The van der Waals surface area contributed by atoms with Gasteiger partial charge in [-0.1, -0.05) is 0 Å². The maximum Gasteiger partial charge on any atom is 0.353 e. The fraction of sp³-hybridized carbons (Fsp3) is 0.571. The van der Waals surface area contributed by atoms with Crippen LogP contribution in [0.15, 0.2) is 15.6 Å². The van der Waals surface area contributed by atoms with Gasteiger partial charge in [0.15, 0.2) is 0 Å². The first-order valence-electron chi connectivity index (χ1n) is 7.25. The standard InChI is InChI=1S/C14H19N3O6S/c1-6(18)7-9-14(2,13(22)23)10(24-4-3-16-5-15)8(12(20)21)17(9)11(7)19/h5-7,9,18H,3-4H2,1-2H3,(H2,15,16)(H,20,21)(H,22,23). The molecule has 2 aliphatic rings. The zero-order valence-corrected chi connectivity index (χ0v) is 14.0. The summed E-state index contributed by atoms with van der Waals surface area (Å²) in [6.07, 6.45) is 0.0387. The summed E-state index contributed by atoms with van der Waals surface area (Å²) in [5.74, 6) is -3.81. The Kier molecular flexibility index (Phi) is 4.90. The summed E-state index contributed by atoms with van der Waals surface area (Å²) in [5, 5.41) is 29.1. The van der Waals surface area contributed by atoms with E-state index in [1.54, 1.807) is 0 Å². The second-order valence-corrected chi connectivity index (χ2v) is 6.92. The molecule has 0 bridgehead atoms. The second-order valence-electron chi connectivity index (χ2n) is 5.81. The van der Waals surface area contributed by atoms with Gasteiger partial charge in [0.05, 0.1) is 30.9 Å². The highest BCUT2D eigenvalue weighted by Gasteiger charge is 2.69. The van der Waals surface area contributed by atoms with Crippen LogP contribution in [0.2, 0.25) is 0 Å². The van der Waals surface area contributed by atoms with Gasteiger partial charge in [0, 0.05) is 10.7 Å². The summed E-state index contributed by atoms with van der Waals surface area (Å²) in [6, 6.07) is -0.922. The zero-order chi connectivity index (χ0) is 18.2. The number of fused-ring (bicyclic) bond motifs is 1. The fourth-order valence-corrected chi connectivity index (χ4v) is 4.49. The maximum atomic E-state index is 12.3. The summed E-state index contributed by atoms with van der Waals surface area (Å²) in [6.45, 7) is 3.06. The summed E-state index contributed by atoms with van der Waals surface area (Å²) >= 11 is 1.03. The first-order chi connectivity index (χ1) is 11.2. The molecule has 2 aliphatic heterocycles. The number of nitrogens with zero attached hydrogens (tertiary/aromatic N) is 2. The Hall–Kier alpha value is -2.07. The average Bonchev–Trinajstić information content (AvgIpc) is 2.71. The van der Waals surface area contributed by atoms with Crippen LogP contribution in [-0.4, -0.2) is 68.8 Å². The minimum absolute atomic E-state index is 0.0937. The molecule has 9 nitrogen and oxygen atoms in total. The second kappa shape index (κ2) is 6.44. The Morgan fingerprint density at radius 2 is 2.12 bits per heavy atom. The van der Waals surface area contributed by atoms with Gasteiger partial charge in [-0.15, -0.1) is 11.8 Å².